The molecule has 0 aliphatic rings. The maximum absolute atomic E-state index is 7.32. The van der Waals surface area contributed by atoms with Gasteiger partial charge in [-0.05, 0) is 0 Å². The van der Waals surface area contributed by atoms with Crippen molar-refractivity contribution in [3.05, 3.63) is 6.92 Å². The van der Waals surface area contributed by atoms with Crippen LogP contribution in [-0.4, -0.2) is 0 Å². The molecule has 42 valence electrons. The Kier molecular flexibility index (Phi) is 54.1. The van der Waals surface area contributed by atoms with Crippen molar-refractivity contribution < 1.29 is 18.9 Å². The Balaban J connectivity index is -0.0000000575. The summed E-state index contributed by atoms with van der Waals surface area (Å²) >= 11 is 0. The van der Waals surface area contributed by atoms with E-state index in [0.29, 0.717) is 0 Å². The van der Waals surface area contributed by atoms with E-state index in [1.54, 1.807) is 6.07 Å². The normalized spacial score (nSPS) is 4.75. The number of nitrogens with zero attached hydrogens (tertiary/aromatic N) is 1. The van der Waals surface area contributed by atoms with E-state index in [4.69, 9.17) is 5.26 Å². The van der Waals surface area contributed by atoms with E-state index in [1.807, 2.05) is 0 Å². The molecule has 0 aliphatic heterocycles. The molecule has 0 rings (SSSR count). The molecular formula is C6H12LiN. The molecular weight excluding hydrogens is 93.0 g/mol. The minimum absolute atomic E-state index is 0. The Hall–Kier alpha value is 0.0874. The number of rotatable bonds is 1. The predicted octanol–water partition coefficient (Wildman–Crippen LogP) is -0.846. The predicted molar refractivity (Wildman–Crippen MR) is 31.6 cm³/mol. The third kappa shape index (κ3) is 133. The van der Waals surface area contributed by atoms with Crippen LogP contribution in [0.5, 0.6) is 0 Å². The van der Waals surface area contributed by atoms with Gasteiger partial charge in [0.25, 0.3) is 0 Å². The van der Waals surface area contributed by atoms with Gasteiger partial charge in [0.1, 0.15) is 0 Å². The molecule has 2 heteroatoms. The van der Waals surface area contributed by atoms with Gasteiger partial charge in [0.2, 0.25) is 0 Å². The largest absolute Gasteiger partial charge is 1.00 e. The van der Waals surface area contributed by atoms with Crippen LogP contribution in [0.2, 0.25) is 0 Å². The van der Waals surface area contributed by atoms with E-state index in [9.17, 15) is 0 Å². The van der Waals surface area contributed by atoms with Crippen LogP contribution < -0.4 is 18.9 Å². The summed E-state index contributed by atoms with van der Waals surface area (Å²) in [5.74, 6) is 0. The number of unbranched alkanes of at least 4 members (excludes halogenated alkanes) is 1. The van der Waals surface area contributed by atoms with Gasteiger partial charge in [0.15, 0.2) is 0 Å². The average molecular weight is 105 g/mol. The van der Waals surface area contributed by atoms with Crippen LogP contribution in [0.4, 0.5) is 0 Å². The Morgan fingerprint density at radius 3 is 1.75 bits per heavy atom. The second-order valence-electron chi connectivity index (χ2n) is 1.08. The van der Waals surface area contributed by atoms with Crippen molar-refractivity contribution in [3.8, 4) is 6.07 Å². The van der Waals surface area contributed by atoms with Gasteiger partial charge in [-0.2, -0.15) is 11.7 Å². The van der Waals surface area contributed by atoms with Crippen LogP contribution in [0.3, 0.4) is 0 Å². The van der Waals surface area contributed by atoms with Gasteiger partial charge in [0, 0.05) is 6.92 Å². The standard InChI is InChI=1S/C4H9.C2H3N.Li/c1-3-4-2;1-2-3;/h1,3-4H2,2H3;1H3;/q-1;;+1. The van der Waals surface area contributed by atoms with Crippen molar-refractivity contribution in [3.63, 3.8) is 0 Å². The Bertz CT molecular complexity index is 45.0. The molecule has 0 heterocycles. The topological polar surface area (TPSA) is 23.8 Å². The fourth-order valence-electron chi connectivity index (χ4n) is 0. The molecule has 0 radical (unpaired) electrons. The second kappa shape index (κ2) is 27.6. The maximum atomic E-state index is 7.32. The quantitative estimate of drug-likeness (QED) is 0.315. The summed E-state index contributed by atoms with van der Waals surface area (Å²) in [6, 6.07) is 1.75. The van der Waals surface area contributed by atoms with E-state index < -0.39 is 0 Å². The van der Waals surface area contributed by atoms with Gasteiger partial charge < -0.3 is 6.92 Å². The summed E-state index contributed by atoms with van der Waals surface area (Å²) in [5.41, 5.74) is 0. The zero-order valence-electron chi connectivity index (χ0n) is 6.07. The van der Waals surface area contributed by atoms with Crippen molar-refractivity contribution in [1.82, 2.24) is 0 Å². The summed E-state index contributed by atoms with van der Waals surface area (Å²) in [6.45, 7) is 7.15. The molecule has 0 aliphatic carbocycles. The third-order valence-corrected chi connectivity index (χ3v) is 0.354. The van der Waals surface area contributed by atoms with Crippen LogP contribution in [0.15, 0.2) is 0 Å². The van der Waals surface area contributed by atoms with Gasteiger partial charge in [0.05, 0.1) is 6.07 Å². The number of hydrogen-bond acceptors (Lipinski definition) is 1. The smallest absolute Gasteiger partial charge is 0.343 e. The molecule has 0 aromatic carbocycles. The Morgan fingerprint density at radius 1 is 1.62 bits per heavy atom. The van der Waals surface area contributed by atoms with Crippen LogP contribution in [0.1, 0.15) is 26.7 Å². The minimum atomic E-state index is 0. The fourth-order valence-corrected chi connectivity index (χ4v) is 0. The molecule has 0 amide bonds. The first kappa shape index (κ1) is 15.7. The fraction of sp³-hybridized carbons (Fsp3) is 0.667. The van der Waals surface area contributed by atoms with Gasteiger partial charge in [-0.3, -0.25) is 0 Å². The molecule has 0 saturated heterocycles. The van der Waals surface area contributed by atoms with Crippen molar-refractivity contribution >= 4 is 0 Å². The molecule has 0 spiro atoms. The first-order valence-electron chi connectivity index (χ1n) is 2.43. The molecule has 0 unspecified atom stereocenters. The molecule has 0 atom stereocenters. The molecule has 0 fully saturated rings. The van der Waals surface area contributed by atoms with Gasteiger partial charge in [-0.25, -0.2) is 0 Å². The van der Waals surface area contributed by atoms with Crippen LogP contribution >= 0.6 is 0 Å². The van der Waals surface area contributed by atoms with Crippen molar-refractivity contribution in [2.45, 2.75) is 26.7 Å². The summed E-state index contributed by atoms with van der Waals surface area (Å²) < 4.78 is 0. The average Bonchev–Trinajstić information content (AvgIpc) is 1.69. The van der Waals surface area contributed by atoms with Gasteiger partial charge in [-0.15, -0.1) is 0 Å². The van der Waals surface area contributed by atoms with E-state index in [1.165, 1.54) is 13.3 Å². The Labute approximate surface area is 64.3 Å². The zero-order valence-corrected chi connectivity index (χ0v) is 6.07. The van der Waals surface area contributed by atoms with Crippen LogP contribution in [0, 0.1) is 18.3 Å². The zero-order chi connectivity index (χ0) is 6.12. The van der Waals surface area contributed by atoms with E-state index in [2.05, 4.69) is 13.8 Å². The molecule has 1 nitrogen and oxygen atoms in total. The van der Waals surface area contributed by atoms with Gasteiger partial charge in [-0.1, -0.05) is 13.3 Å². The molecule has 8 heavy (non-hydrogen) atoms. The van der Waals surface area contributed by atoms with Crippen LogP contribution in [0.25, 0.3) is 0 Å². The summed E-state index contributed by atoms with van der Waals surface area (Å²) in [5, 5.41) is 7.32. The first-order valence-corrected chi connectivity index (χ1v) is 2.43. The molecule has 0 aromatic heterocycles. The van der Waals surface area contributed by atoms with Crippen molar-refractivity contribution in [2.75, 3.05) is 0 Å². The van der Waals surface area contributed by atoms with E-state index in [-0.39, 0.29) is 18.9 Å². The molecule has 0 bridgehead atoms. The van der Waals surface area contributed by atoms with E-state index in [0.717, 1.165) is 6.42 Å². The molecule has 0 aromatic rings. The SMILES string of the molecule is CC#N.[CH2-]CCC.[Li+]. The monoisotopic (exact) mass is 105 g/mol. The van der Waals surface area contributed by atoms with E-state index >= 15 is 0 Å². The molecule has 0 saturated carbocycles. The van der Waals surface area contributed by atoms with Crippen LogP contribution in [-0.2, 0) is 0 Å². The number of hydrogen-bond donors (Lipinski definition) is 0. The molecule has 0 N–H and O–H groups in total. The van der Waals surface area contributed by atoms with Gasteiger partial charge >= 0.3 is 18.9 Å². The third-order valence-electron chi connectivity index (χ3n) is 0.354. The summed E-state index contributed by atoms with van der Waals surface area (Å²) in [6.07, 6.45) is 2.28. The Morgan fingerprint density at radius 2 is 1.75 bits per heavy atom. The minimum Gasteiger partial charge on any atom is -0.343 e. The number of nitriles is 1. The van der Waals surface area contributed by atoms with Crippen molar-refractivity contribution in [2.24, 2.45) is 0 Å². The summed E-state index contributed by atoms with van der Waals surface area (Å²) in [7, 11) is 0. The summed E-state index contributed by atoms with van der Waals surface area (Å²) in [4.78, 5) is 0. The van der Waals surface area contributed by atoms with Crippen molar-refractivity contribution in [1.29, 1.82) is 5.26 Å². The second-order valence-corrected chi connectivity index (χ2v) is 1.08. The first-order chi connectivity index (χ1) is 3.33. The maximum Gasteiger partial charge on any atom is 1.00 e.